The first-order valence-corrected chi connectivity index (χ1v) is 9.77. The summed E-state index contributed by atoms with van der Waals surface area (Å²) in [7, 11) is 7.88. The number of amides is 2. The van der Waals surface area contributed by atoms with Crippen LogP contribution in [-0.2, 0) is 0 Å². The van der Waals surface area contributed by atoms with Crippen molar-refractivity contribution in [2.24, 2.45) is 0 Å². The summed E-state index contributed by atoms with van der Waals surface area (Å²) in [5.41, 5.74) is 2.90. The second-order valence-corrected chi connectivity index (χ2v) is 7.68. The molecule has 0 aliphatic rings. The molecule has 7 nitrogen and oxygen atoms in total. The van der Waals surface area contributed by atoms with Crippen LogP contribution in [-0.4, -0.2) is 80.4 Å². The predicted molar refractivity (Wildman–Crippen MR) is 117 cm³/mol. The third kappa shape index (κ3) is 4.75. The first kappa shape index (κ1) is 20.8. The van der Waals surface area contributed by atoms with Gasteiger partial charge in [-0.05, 0) is 52.5 Å². The molecule has 0 unspecified atom stereocenters. The third-order valence-corrected chi connectivity index (χ3v) is 4.82. The van der Waals surface area contributed by atoms with E-state index in [9.17, 15) is 9.59 Å². The number of carbonyl (C=O) groups is 2. The highest BCUT2D eigenvalue weighted by Crippen LogP contribution is 2.27. The predicted octanol–water partition coefficient (Wildman–Crippen LogP) is 1.68. The van der Waals surface area contributed by atoms with E-state index in [1.54, 1.807) is 6.07 Å². The van der Waals surface area contributed by atoms with Crippen molar-refractivity contribution in [3.05, 3.63) is 53.7 Å². The summed E-state index contributed by atoms with van der Waals surface area (Å²) >= 11 is 0. The van der Waals surface area contributed by atoms with Crippen LogP contribution in [0.5, 0.6) is 0 Å². The number of hydrogen-bond acceptors (Lipinski definition) is 4. The summed E-state index contributed by atoms with van der Waals surface area (Å²) in [4.78, 5) is 29.5. The molecule has 0 radical (unpaired) electrons. The van der Waals surface area contributed by atoms with Gasteiger partial charge in [-0.1, -0.05) is 12.1 Å². The van der Waals surface area contributed by atoms with Crippen molar-refractivity contribution in [3.63, 3.8) is 0 Å². The Morgan fingerprint density at radius 2 is 1.52 bits per heavy atom. The Hall–Kier alpha value is -2.90. The van der Waals surface area contributed by atoms with Gasteiger partial charge in [0.05, 0.1) is 16.6 Å². The number of carbonyl (C=O) groups excluding carboxylic acids is 2. The molecule has 0 atom stereocenters. The molecule has 29 heavy (non-hydrogen) atoms. The number of fused-ring (bicyclic) bond motifs is 3. The van der Waals surface area contributed by atoms with Gasteiger partial charge in [0, 0.05) is 43.3 Å². The summed E-state index contributed by atoms with van der Waals surface area (Å²) in [5, 5.41) is 6.77. The molecule has 2 heterocycles. The molecular formula is C22H29N5O2. The fourth-order valence-electron chi connectivity index (χ4n) is 3.29. The number of rotatable bonds is 8. The number of aromatic nitrogens is 1. The van der Waals surface area contributed by atoms with Gasteiger partial charge in [-0.3, -0.25) is 9.59 Å². The van der Waals surface area contributed by atoms with E-state index in [1.807, 2.05) is 78.9 Å². The standard InChI is InChI=1S/C22H29N5O2/c1-25(2)13-10-23-21(28)16-8-9-17-19(15-16)27-12-6-5-7-18(27)20(17)22(29)24-11-14-26(3)4/h5-9,12,15H,10-11,13-14H2,1-4H3,(H,23,28)(H,24,29). The summed E-state index contributed by atoms with van der Waals surface area (Å²) in [6.45, 7) is 2.70. The van der Waals surface area contributed by atoms with Gasteiger partial charge in [-0.15, -0.1) is 0 Å². The minimum atomic E-state index is -0.114. The molecule has 0 saturated carbocycles. The number of benzene rings is 1. The van der Waals surface area contributed by atoms with Crippen molar-refractivity contribution in [2.45, 2.75) is 0 Å². The molecule has 0 aliphatic heterocycles. The minimum absolute atomic E-state index is 0.103. The van der Waals surface area contributed by atoms with E-state index in [0.717, 1.165) is 29.5 Å². The Morgan fingerprint density at radius 1 is 0.862 bits per heavy atom. The molecule has 154 valence electrons. The monoisotopic (exact) mass is 395 g/mol. The van der Waals surface area contributed by atoms with Crippen LogP contribution in [0.1, 0.15) is 20.7 Å². The lowest BCUT2D eigenvalue weighted by Crippen LogP contribution is -2.31. The SMILES string of the molecule is CN(C)CCNC(=O)c1ccc2c(C(=O)NCCN(C)C)c3ccccn3c2c1. The Kier molecular flexibility index (Phi) is 6.51. The largest absolute Gasteiger partial charge is 0.351 e. The lowest BCUT2D eigenvalue weighted by Gasteiger charge is -2.11. The average molecular weight is 396 g/mol. The lowest BCUT2D eigenvalue weighted by molar-refractivity contribution is 0.0944. The van der Waals surface area contributed by atoms with Crippen LogP contribution in [0.15, 0.2) is 42.6 Å². The summed E-state index contributed by atoms with van der Waals surface area (Å²) < 4.78 is 1.97. The topological polar surface area (TPSA) is 69.1 Å². The van der Waals surface area contributed by atoms with Gasteiger partial charge in [0.2, 0.25) is 0 Å². The van der Waals surface area contributed by atoms with Crippen LogP contribution >= 0.6 is 0 Å². The van der Waals surface area contributed by atoms with E-state index in [1.165, 1.54) is 0 Å². The highest BCUT2D eigenvalue weighted by Gasteiger charge is 2.19. The fraction of sp³-hybridized carbons (Fsp3) is 0.364. The maximum Gasteiger partial charge on any atom is 0.254 e. The molecule has 0 aliphatic carbocycles. The van der Waals surface area contributed by atoms with E-state index >= 15 is 0 Å². The minimum Gasteiger partial charge on any atom is -0.351 e. The van der Waals surface area contributed by atoms with Crippen LogP contribution in [0.4, 0.5) is 0 Å². The van der Waals surface area contributed by atoms with Crippen LogP contribution in [0.2, 0.25) is 0 Å². The number of nitrogens with zero attached hydrogens (tertiary/aromatic N) is 3. The molecule has 1 aromatic carbocycles. The Bertz CT molecular complexity index is 1020. The second kappa shape index (κ2) is 9.07. The Balaban J connectivity index is 1.94. The Labute approximate surface area is 171 Å². The van der Waals surface area contributed by atoms with E-state index < -0.39 is 0 Å². The average Bonchev–Trinajstić information content (AvgIpc) is 3.01. The van der Waals surface area contributed by atoms with Crippen molar-refractivity contribution < 1.29 is 9.59 Å². The third-order valence-electron chi connectivity index (χ3n) is 4.82. The molecule has 7 heteroatoms. The fourth-order valence-corrected chi connectivity index (χ4v) is 3.29. The van der Waals surface area contributed by atoms with Gasteiger partial charge in [0.25, 0.3) is 11.8 Å². The lowest BCUT2D eigenvalue weighted by atomic mass is 10.1. The van der Waals surface area contributed by atoms with Gasteiger partial charge >= 0.3 is 0 Å². The number of likely N-dealkylation sites (N-methyl/N-ethyl adjacent to an activating group) is 2. The van der Waals surface area contributed by atoms with Crippen LogP contribution in [0, 0.1) is 0 Å². The van der Waals surface area contributed by atoms with E-state index in [2.05, 4.69) is 10.6 Å². The molecule has 2 amide bonds. The summed E-state index contributed by atoms with van der Waals surface area (Å²) in [6, 6.07) is 11.3. The molecule has 3 rings (SSSR count). The smallest absolute Gasteiger partial charge is 0.254 e. The quantitative estimate of drug-likeness (QED) is 0.609. The number of hydrogen-bond donors (Lipinski definition) is 2. The van der Waals surface area contributed by atoms with Gasteiger partial charge in [0.1, 0.15) is 0 Å². The molecule has 3 aromatic rings. The number of nitrogens with one attached hydrogen (secondary N) is 2. The zero-order chi connectivity index (χ0) is 21.0. The van der Waals surface area contributed by atoms with Gasteiger partial charge in [0.15, 0.2) is 0 Å². The first-order valence-electron chi connectivity index (χ1n) is 9.77. The molecule has 0 bridgehead atoms. The highest BCUT2D eigenvalue weighted by molar-refractivity contribution is 6.14. The number of pyridine rings is 1. The van der Waals surface area contributed by atoms with E-state index in [-0.39, 0.29) is 11.8 Å². The van der Waals surface area contributed by atoms with Gasteiger partial charge in [-0.25, -0.2) is 0 Å². The molecule has 0 spiro atoms. The van der Waals surface area contributed by atoms with Gasteiger partial charge in [-0.2, -0.15) is 0 Å². The van der Waals surface area contributed by atoms with Crippen molar-refractivity contribution >= 4 is 28.2 Å². The zero-order valence-electron chi connectivity index (χ0n) is 17.5. The molecule has 2 N–H and O–H groups in total. The van der Waals surface area contributed by atoms with Crippen LogP contribution in [0.25, 0.3) is 16.4 Å². The Morgan fingerprint density at radius 3 is 2.17 bits per heavy atom. The maximum atomic E-state index is 12.9. The molecule has 0 saturated heterocycles. The van der Waals surface area contributed by atoms with Crippen molar-refractivity contribution in [1.29, 1.82) is 0 Å². The van der Waals surface area contributed by atoms with E-state index in [0.29, 0.717) is 24.2 Å². The molecule has 2 aromatic heterocycles. The summed E-state index contributed by atoms with van der Waals surface area (Å²) in [6.07, 6.45) is 1.92. The molecular weight excluding hydrogens is 366 g/mol. The van der Waals surface area contributed by atoms with Crippen molar-refractivity contribution in [1.82, 2.24) is 24.8 Å². The summed E-state index contributed by atoms with van der Waals surface area (Å²) in [5.74, 6) is -0.217. The van der Waals surface area contributed by atoms with Crippen molar-refractivity contribution in [2.75, 3.05) is 54.4 Å². The maximum absolute atomic E-state index is 12.9. The normalized spacial score (nSPS) is 11.5. The first-order chi connectivity index (χ1) is 13.9. The van der Waals surface area contributed by atoms with E-state index in [4.69, 9.17) is 0 Å². The zero-order valence-corrected chi connectivity index (χ0v) is 17.5. The van der Waals surface area contributed by atoms with Gasteiger partial charge < -0.3 is 24.8 Å². The van der Waals surface area contributed by atoms with Crippen molar-refractivity contribution in [3.8, 4) is 0 Å². The van der Waals surface area contributed by atoms with Crippen LogP contribution in [0.3, 0.4) is 0 Å². The highest BCUT2D eigenvalue weighted by atomic mass is 16.2. The molecule has 0 fully saturated rings. The van der Waals surface area contributed by atoms with Crippen LogP contribution < -0.4 is 10.6 Å². The second-order valence-electron chi connectivity index (χ2n) is 7.68.